The third-order valence-corrected chi connectivity index (χ3v) is 3.02. The van der Waals surface area contributed by atoms with Crippen molar-refractivity contribution in [1.82, 2.24) is 15.0 Å². The zero-order valence-electron chi connectivity index (χ0n) is 11.9. The van der Waals surface area contributed by atoms with Gasteiger partial charge in [0.25, 0.3) is 0 Å². The Morgan fingerprint density at radius 1 is 1.05 bits per heavy atom. The van der Waals surface area contributed by atoms with Gasteiger partial charge in [-0.2, -0.15) is 0 Å². The van der Waals surface area contributed by atoms with E-state index < -0.39 is 0 Å². The molecule has 0 radical (unpaired) electrons. The lowest BCUT2D eigenvalue weighted by Gasteiger charge is -2.15. The minimum absolute atomic E-state index is 0.157. The maximum absolute atomic E-state index is 4.56. The summed E-state index contributed by atoms with van der Waals surface area (Å²) in [6, 6.07) is 6.19. The van der Waals surface area contributed by atoms with Gasteiger partial charge in [-0.05, 0) is 43.5 Å². The number of nitrogens with one attached hydrogen (secondary N) is 1. The van der Waals surface area contributed by atoms with Gasteiger partial charge in [-0.1, -0.05) is 13.8 Å². The van der Waals surface area contributed by atoms with Crippen LogP contribution in [0.3, 0.4) is 0 Å². The molecular weight excluding hydrogens is 236 g/mol. The van der Waals surface area contributed by atoms with Crippen molar-refractivity contribution in [3.63, 3.8) is 0 Å². The van der Waals surface area contributed by atoms with Crippen LogP contribution >= 0.6 is 0 Å². The molecule has 0 spiro atoms. The molecule has 19 heavy (non-hydrogen) atoms. The molecule has 0 fully saturated rings. The normalized spacial score (nSPS) is 12.5. The SMILES string of the molecule is Cc1cc(C(C)C)nc(NC(C)c2ccncc2)n1. The van der Waals surface area contributed by atoms with E-state index >= 15 is 0 Å². The second-order valence-electron chi connectivity index (χ2n) is 5.06. The van der Waals surface area contributed by atoms with Crippen molar-refractivity contribution >= 4 is 5.95 Å². The van der Waals surface area contributed by atoms with Crippen LogP contribution in [0.25, 0.3) is 0 Å². The maximum Gasteiger partial charge on any atom is 0.223 e. The number of rotatable bonds is 4. The van der Waals surface area contributed by atoms with Crippen LogP contribution in [0.4, 0.5) is 5.95 Å². The summed E-state index contributed by atoms with van der Waals surface area (Å²) in [6.07, 6.45) is 3.59. The molecule has 1 N–H and O–H groups in total. The van der Waals surface area contributed by atoms with Crippen molar-refractivity contribution in [1.29, 1.82) is 0 Å². The summed E-state index contributed by atoms with van der Waals surface area (Å²) >= 11 is 0. The molecule has 4 nitrogen and oxygen atoms in total. The largest absolute Gasteiger partial charge is 0.348 e. The highest BCUT2D eigenvalue weighted by Gasteiger charge is 2.09. The number of aromatic nitrogens is 3. The van der Waals surface area contributed by atoms with Gasteiger partial charge in [-0.15, -0.1) is 0 Å². The van der Waals surface area contributed by atoms with Crippen molar-refractivity contribution < 1.29 is 0 Å². The lowest BCUT2D eigenvalue weighted by atomic mass is 10.1. The van der Waals surface area contributed by atoms with E-state index in [1.165, 1.54) is 5.56 Å². The van der Waals surface area contributed by atoms with Crippen molar-refractivity contribution in [3.8, 4) is 0 Å². The summed E-state index contributed by atoms with van der Waals surface area (Å²) in [5.41, 5.74) is 3.23. The van der Waals surface area contributed by atoms with E-state index in [1.807, 2.05) is 25.1 Å². The molecule has 0 aliphatic rings. The maximum atomic E-state index is 4.56. The zero-order chi connectivity index (χ0) is 13.8. The number of anilines is 1. The Labute approximate surface area is 114 Å². The van der Waals surface area contributed by atoms with E-state index in [2.05, 4.69) is 41.0 Å². The quantitative estimate of drug-likeness (QED) is 0.910. The molecule has 0 amide bonds. The molecule has 0 aliphatic carbocycles. The molecule has 0 aromatic carbocycles. The van der Waals surface area contributed by atoms with Crippen molar-refractivity contribution in [2.75, 3.05) is 5.32 Å². The predicted octanol–water partition coefficient (Wildman–Crippen LogP) is 3.48. The van der Waals surface area contributed by atoms with Gasteiger partial charge in [0, 0.05) is 23.8 Å². The summed E-state index contributed by atoms with van der Waals surface area (Å²) in [4.78, 5) is 13.0. The van der Waals surface area contributed by atoms with Crippen LogP contribution in [0, 0.1) is 6.92 Å². The highest BCUT2D eigenvalue weighted by molar-refractivity contribution is 5.33. The van der Waals surface area contributed by atoms with E-state index in [0.29, 0.717) is 11.9 Å². The number of nitrogens with zero attached hydrogens (tertiary/aromatic N) is 3. The smallest absolute Gasteiger partial charge is 0.223 e. The Hall–Kier alpha value is -1.97. The van der Waals surface area contributed by atoms with Gasteiger partial charge in [0.05, 0.1) is 6.04 Å². The summed E-state index contributed by atoms with van der Waals surface area (Å²) in [5, 5.41) is 3.34. The predicted molar refractivity (Wildman–Crippen MR) is 77.1 cm³/mol. The van der Waals surface area contributed by atoms with Crippen LogP contribution in [0.1, 0.15) is 49.7 Å². The Bertz CT molecular complexity index is 537. The van der Waals surface area contributed by atoms with Crippen LogP contribution in [-0.2, 0) is 0 Å². The van der Waals surface area contributed by atoms with E-state index in [1.54, 1.807) is 12.4 Å². The minimum atomic E-state index is 0.157. The molecule has 2 aromatic rings. The molecule has 4 heteroatoms. The van der Waals surface area contributed by atoms with Crippen molar-refractivity contribution in [2.45, 2.75) is 39.7 Å². The topological polar surface area (TPSA) is 50.7 Å². The Morgan fingerprint density at radius 2 is 1.74 bits per heavy atom. The fourth-order valence-corrected chi connectivity index (χ4v) is 1.88. The zero-order valence-corrected chi connectivity index (χ0v) is 11.9. The molecule has 0 bridgehead atoms. The van der Waals surface area contributed by atoms with E-state index in [9.17, 15) is 0 Å². The lowest BCUT2D eigenvalue weighted by Crippen LogP contribution is -2.11. The molecule has 0 saturated heterocycles. The fourth-order valence-electron chi connectivity index (χ4n) is 1.88. The molecule has 0 aliphatic heterocycles. The summed E-state index contributed by atoms with van der Waals surface area (Å²) in [5.74, 6) is 1.09. The van der Waals surface area contributed by atoms with Gasteiger partial charge in [-0.25, -0.2) is 9.97 Å². The first-order valence-corrected chi connectivity index (χ1v) is 6.58. The molecule has 2 aromatic heterocycles. The average molecular weight is 256 g/mol. The molecule has 2 rings (SSSR count). The van der Waals surface area contributed by atoms with E-state index in [0.717, 1.165) is 11.4 Å². The first-order chi connectivity index (χ1) is 9.06. The van der Waals surface area contributed by atoms with Gasteiger partial charge < -0.3 is 5.32 Å². The molecule has 0 saturated carbocycles. The average Bonchev–Trinajstić information content (AvgIpc) is 2.39. The minimum Gasteiger partial charge on any atom is -0.348 e. The fraction of sp³-hybridized carbons (Fsp3) is 0.400. The monoisotopic (exact) mass is 256 g/mol. The van der Waals surface area contributed by atoms with Crippen LogP contribution in [0.15, 0.2) is 30.6 Å². The summed E-state index contributed by atoms with van der Waals surface area (Å²) in [7, 11) is 0. The summed E-state index contributed by atoms with van der Waals surface area (Å²) < 4.78 is 0. The molecule has 1 atom stereocenters. The first kappa shape index (κ1) is 13.5. The summed E-state index contributed by atoms with van der Waals surface area (Å²) in [6.45, 7) is 8.36. The van der Waals surface area contributed by atoms with Crippen LogP contribution in [0.5, 0.6) is 0 Å². The van der Waals surface area contributed by atoms with Gasteiger partial charge in [0.2, 0.25) is 5.95 Å². The first-order valence-electron chi connectivity index (χ1n) is 6.58. The molecular formula is C15H20N4. The molecule has 2 heterocycles. The number of aryl methyl sites for hydroxylation is 1. The second-order valence-corrected chi connectivity index (χ2v) is 5.06. The van der Waals surface area contributed by atoms with Gasteiger partial charge in [-0.3, -0.25) is 4.98 Å². The van der Waals surface area contributed by atoms with Crippen LogP contribution < -0.4 is 5.32 Å². The Balaban J connectivity index is 2.19. The van der Waals surface area contributed by atoms with Crippen molar-refractivity contribution in [2.24, 2.45) is 0 Å². The van der Waals surface area contributed by atoms with E-state index in [-0.39, 0.29) is 6.04 Å². The van der Waals surface area contributed by atoms with Gasteiger partial charge in [0.1, 0.15) is 0 Å². The molecule has 1 unspecified atom stereocenters. The third-order valence-electron chi connectivity index (χ3n) is 3.02. The van der Waals surface area contributed by atoms with Crippen molar-refractivity contribution in [3.05, 3.63) is 47.5 Å². The Morgan fingerprint density at radius 3 is 2.37 bits per heavy atom. The molecule has 100 valence electrons. The second kappa shape index (κ2) is 5.78. The van der Waals surface area contributed by atoms with Crippen LogP contribution in [0.2, 0.25) is 0 Å². The highest BCUT2D eigenvalue weighted by atomic mass is 15.1. The Kier molecular flexibility index (Phi) is 4.10. The van der Waals surface area contributed by atoms with Gasteiger partial charge >= 0.3 is 0 Å². The highest BCUT2D eigenvalue weighted by Crippen LogP contribution is 2.19. The number of hydrogen-bond donors (Lipinski definition) is 1. The third kappa shape index (κ3) is 3.50. The van der Waals surface area contributed by atoms with Crippen LogP contribution in [-0.4, -0.2) is 15.0 Å². The van der Waals surface area contributed by atoms with Gasteiger partial charge in [0.15, 0.2) is 0 Å². The standard InChI is InChI=1S/C15H20N4/c1-10(2)14-9-11(3)17-15(19-14)18-12(4)13-5-7-16-8-6-13/h5-10,12H,1-4H3,(H,17,18,19). The number of pyridine rings is 1. The lowest BCUT2D eigenvalue weighted by molar-refractivity contribution is 0.793. The van der Waals surface area contributed by atoms with E-state index in [4.69, 9.17) is 0 Å². The number of hydrogen-bond acceptors (Lipinski definition) is 4.